The van der Waals surface area contributed by atoms with Crippen LogP contribution in [-0.2, 0) is 4.74 Å². The van der Waals surface area contributed by atoms with Gasteiger partial charge in [0.25, 0.3) is 0 Å². The number of ether oxygens (including phenoxy) is 1. The molecule has 0 aliphatic heterocycles. The summed E-state index contributed by atoms with van der Waals surface area (Å²) < 4.78 is 5.35. The summed E-state index contributed by atoms with van der Waals surface area (Å²) in [5.74, 6) is -0.417. The van der Waals surface area contributed by atoms with Gasteiger partial charge in [0.2, 0.25) is 0 Å². The van der Waals surface area contributed by atoms with Gasteiger partial charge in [0, 0.05) is 22.4 Å². The molecule has 1 N–H and O–H groups in total. The molecule has 3 aromatic carbocycles. The van der Waals surface area contributed by atoms with Crippen molar-refractivity contribution in [2.75, 3.05) is 6.61 Å². The normalized spacial score (nSPS) is 12.3. The fourth-order valence-electron chi connectivity index (χ4n) is 3.66. The van der Waals surface area contributed by atoms with Crippen LogP contribution in [-0.4, -0.2) is 17.6 Å². The van der Waals surface area contributed by atoms with Gasteiger partial charge in [0.1, 0.15) is 5.69 Å². The Hall–Kier alpha value is -3.59. The molecule has 0 aliphatic carbocycles. The molecule has 0 aliphatic rings. The van der Waals surface area contributed by atoms with Crippen molar-refractivity contribution in [2.24, 2.45) is 0 Å². The van der Waals surface area contributed by atoms with Crippen LogP contribution in [0.2, 0.25) is 0 Å². The molecule has 1 atom stereocenters. The van der Waals surface area contributed by atoms with Crippen molar-refractivity contribution in [1.29, 1.82) is 0 Å². The first-order valence-corrected chi connectivity index (χ1v) is 9.84. The molecule has 0 radical (unpaired) electrons. The maximum atomic E-state index is 12.8. The molecule has 144 valence electrons. The molecule has 0 spiro atoms. The Morgan fingerprint density at radius 3 is 2.31 bits per heavy atom. The van der Waals surface area contributed by atoms with E-state index in [0.29, 0.717) is 12.3 Å². The predicted octanol–water partition coefficient (Wildman–Crippen LogP) is 6.19. The number of para-hydroxylation sites is 1. The molecule has 1 heterocycles. The fourth-order valence-corrected chi connectivity index (χ4v) is 3.66. The first-order valence-electron chi connectivity index (χ1n) is 9.84. The number of carbonyl (C=O) groups is 1. The van der Waals surface area contributed by atoms with Gasteiger partial charge in [-0.25, -0.2) is 4.79 Å². The van der Waals surface area contributed by atoms with Gasteiger partial charge in [0.05, 0.1) is 6.61 Å². The summed E-state index contributed by atoms with van der Waals surface area (Å²) in [6, 6.07) is 28.4. The van der Waals surface area contributed by atoms with Gasteiger partial charge in [-0.2, -0.15) is 0 Å². The van der Waals surface area contributed by atoms with E-state index in [4.69, 9.17) is 4.74 Å². The number of benzene rings is 3. The van der Waals surface area contributed by atoms with Crippen LogP contribution < -0.4 is 0 Å². The highest BCUT2D eigenvalue weighted by atomic mass is 16.5. The van der Waals surface area contributed by atoms with Gasteiger partial charge < -0.3 is 9.72 Å². The van der Waals surface area contributed by atoms with E-state index in [1.165, 1.54) is 0 Å². The Bertz CT molecular complexity index is 1130. The average molecular weight is 381 g/mol. The molecule has 3 heteroatoms. The highest BCUT2D eigenvalue weighted by Gasteiger charge is 2.25. The Balaban J connectivity index is 1.90. The lowest BCUT2D eigenvalue weighted by Gasteiger charge is -2.15. The zero-order valence-corrected chi connectivity index (χ0v) is 16.3. The Labute approximate surface area is 170 Å². The van der Waals surface area contributed by atoms with Crippen molar-refractivity contribution in [1.82, 2.24) is 4.98 Å². The molecule has 3 nitrogen and oxygen atoms in total. The van der Waals surface area contributed by atoms with Gasteiger partial charge >= 0.3 is 5.97 Å². The molecular weight excluding hydrogens is 358 g/mol. The molecule has 0 saturated heterocycles. The van der Waals surface area contributed by atoms with Gasteiger partial charge in [-0.05, 0) is 24.1 Å². The number of allylic oxidation sites excluding steroid dienone is 1. The van der Waals surface area contributed by atoms with Crippen LogP contribution in [0.15, 0.2) is 91.0 Å². The molecular formula is C26H23NO2. The number of aromatic nitrogens is 1. The van der Waals surface area contributed by atoms with E-state index in [0.717, 1.165) is 27.6 Å². The van der Waals surface area contributed by atoms with Crippen molar-refractivity contribution < 1.29 is 9.53 Å². The molecule has 29 heavy (non-hydrogen) atoms. The number of esters is 1. The monoisotopic (exact) mass is 381 g/mol. The predicted molar refractivity (Wildman–Crippen MR) is 118 cm³/mol. The lowest BCUT2D eigenvalue weighted by Crippen LogP contribution is -2.10. The van der Waals surface area contributed by atoms with Crippen LogP contribution in [0.1, 0.15) is 40.0 Å². The second-order valence-electron chi connectivity index (χ2n) is 6.84. The molecule has 1 unspecified atom stereocenters. The number of rotatable bonds is 6. The fraction of sp³-hybridized carbons (Fsp3) is 0.115. The SMILES string of the molecule is CCOC(=O)c1[nH]c2ccccc2c1C(/C=C/c1ccccc1)c1ccccc1. The zero-order valence-electron chi connectivity index (χ0n) is 16.3. The molecule has 1 aromatic heterocycles. The average Bonchev–Trinajstić information content (AvgIpc) is 3.15. The maximum Gasteiger partial charge on any atom is 0.355 e. The second kappa shape index (κ2) is 8.61. The summed E-state index contributed by atoms with van der Waals surface area (Å²) in [4.78, 5) is 16.1. The van der Waals surface area contributed by atoms with Gasteiger partial charge in [-0.1, -0.05) is 91.0 Å². The van der Waals surface area contributed by atoms with E-state index >= 15 is 0 Å². The summed E-state index contributed by atoms with van der Waals surface area (Å²) in [6.45, 7) is 2.16. The molecule has 0 fully saturated rings. The van der Waals surface area contributed by atoms with E-state index in [1.807, 2.05) is 61.5 Å². The van der Waals surface area contributed by atoms with Crippen LogP contribution in [0.3, 0.4) is 0 Å². The smallest absolute Gasteiger partial charge is 0.355 e. The summed E-state index contributed by atoms with van der Waals surface area (Å²) in [5, 5.41) is 1.03. The minimum atomic E-state index is -0.326. The standard InChI is InChI=1S/C26H23NO2/c1-2-29-26(28)25-24(22-15-9-10-16-23(22)27-25)21(20-13-7-4-8-14-20)18-17-19-11-5-3-6-12-19/h3-18,21,27H,2H2,1H3/b18-17+. The summed E-state index contributed by atoms with van der Waals surface area (Å²) >= 11 is 0. The first kappa shape index (κ1) is 18.8. The van der Waals surface area contributed by atoms with Crippen molar-refractivity contribution in [2.45, 2.75) is 12.8 Å². The molecule has 4 rings (SSSR count). The summed E-state index contributed by atoms with van der Waals surface area (Å²) in [5.41, 5.74) is 4.62. The number of aromatic amines is 1. The minimum Gasteiger partial charge on any atom is -0.461 e. The van der Waals surface area contributed by atoms with Crippen molar-refractivity contribution in [3.05, 3.63) is 113 Å². The van der Waals surface area contributed by atoms with Crippen LogP contribution in [0.5, 0.6) is 0 Å². The maximum absolute atomic E-state index is 12.8. The van der Waals surface area contributed by atoms with E-state index in [9.17, 15) is 4.79 Å². The van der Waals surface area contributed by atoms with Gasteiger partial charge in [-0.3, -0.25) is 0 Å². The third kappa shape index (κ3) is 3.99. The first-order chi connectivity index (χ1) is 14.3. The van der Waals surface area contributed by atoms with E-state index in [2.05, 4.69) is 47.5 Å². The van der Waals surface area contributed by atoms with Crippen LogP contribution in [0.25, 0.3) is 17.0 Å². The van der Waals surface area contributed by atoms with Crippen molar-refractivity contribution in [3.63, 3.8) is 0 Å². The molecule has 0 bridgehead atoms. The van der Waals surface area contributed by atoms with E-state index in [-0.39, 0.29) is 11.9 Å². The minimum absolute atomic E-state index is 0.0908. The number of carbonyl (C=O) groups excluding carboxylic acids is 1. The highest BCUT2D eigenvalue weighted by Crippen LogP contribution is 2.35. The largest absolute Gasteiger partial charge is 0.461 e. The summed E-state index contributed by atoms with van der Waals surface area (Å²) in [6.07, 6.45) is 4.26. The second-order valence-corrected chi connectivity index (χ2v) is 6.84. The van der Waals surface area contributed by atoms with Crippen molar-refractivity contribution in [3.8, 4) is 0 Å². The lowest BCUT2D eigenvalue weighted by atomic mass is 9.88. The van der Waals surface area contributed by atoms with Crippen molar-refractivity contribution >= 4 is 22.9 Å². The Morgan fingerprint density at radius 2 is 1.59 bits per heavy atom. The van der Waals surface area contributed by atoms with E-state index < -0.39 is 0 Å². The third-order valence-corrected chi connectivity index (χ3v) is 4.98. The Morgan fingerprint density at radius 1 is 0.931 bits per heavy atom. The topological polar surface area (TPSA) is 42.1 Å². The Kier molecular flexibility index (Phi) is 5.57. The molecule has 0 saturated carbocycles. The van der Waals surface area contributed by atoms with Crippen LogP contribution >= 0.6 is 0 Å². The van der Waals surface area contributed by atoms with Gasteiger partial charge in [0.15, 0.2) is 0 Å². The van der Waals surface area contributed by atoms with Crippen LogP contribution in [0.4, 0.5) is 0 Å². The molecule has 0 amide bonds. The van der Waals surface area contributed by atoms with E-state index in [1.54, 1.807) is 0 Å². The number of nitrogens with one attached hydrogen (secondary N) is 1. The number of hydrogen-bond acceptors (Lipinski definition) is 2. The highest BCUT2D eigenvalue weighted by molar-refractivity contribution is 5.99. The number of hydrogen-bond donors (Lipinski definition) is 1. The zero-order chi connectivity index (χ0) is 20.1. The van der Waals surface area contributed by atoms with Gasteiger partial charge in [-0.15, -0.1) is 0 Å². The molecule has 4 aromatic rings. The summed E-state index contributed by atoms with van der Waals surface area (Å²) in [7, 11) is 0. The number of H-pyrrole nitrogens is 1. The quantitative estimate of drug-likeness (QED) is 0.405. The third-order valence-electron chi connectivity index (χ3n) is 4.98. The van der Waals surface area contributed by atoms with Crippen LogP contribution in [0, 0.1) is 0 Å². The lowest BCUT2D eigenvalue weighted by molar-refractivity contribution is 0.0519. The number of fused-ring (bicyclic) bond motifs is 1.